The molecule has 0 atom stereocenters. The van der Waals surface area contributed by atoms with E-state index in [1.807, 2.05) is 0 Å². The van der Waals surface area contributed by atoms with Crippen molar-refractivity contribution in [1.29, 1.82) is 0 Å². The Bertz CT molecular complexity index is 183. The van der Waals surface area contributed by atoms with Gasteiger partial charge in [0, 0.05) is 13.1 Å². The first-order chi connectivity index (χ1) is 6.78. The summed E-state index contributed by atoms with van der Waals surface area (Å²) in [6.45, 7) is 7.06. The Hall–Kier alpha value is -0.0800. The van der Waals surface area contributed by atoms with Crippen LogP contribution in [0.2, 0.25) is 0 Å². The topological polar surface area (TPSA) is 29.3 Å². The van der Waals surface area contributed by atoms with Gasteiger partial charge in [-0.25, -0.2) is 0 Å². The minimum absolute atomic E-state index is 0.639. The largest absolute Gasteiger partial charge is 0.330 e. The van der Waals surface area contributed by atoms with Gasteiger partial charge in [0.2, 0.25) is 0 Å². The lowest BCUT2D eigenvalue weighted by atomic mass is 10.0. The molecule has 0 amide bonds. The van der Waals surface area contributed by atoms with E-state index >= 15 is 0 Å². The first kappa shape index (κ1) is 10.4. The zero-order valence-electron chi connectivity index (χ0n) is 9.47. The number of hydrogen-bond donors (Lipinski definition) is 1. The zero-order chi connectivity index (χ0) is 10.0. The third kappa shape index (κ3) is 2.71. The number of rotatable bonds is 7. The normalized spacial score (nSPS) is 24.2. The first-order valence-corrected chi connectivity index (χ1v) is 6.20. The van der Waals surface area contributed by atoms with Gasteiger partial charge in [-0.05, 0) is 56.5 Å². The van der Waals surface area contributed by atoms with Gasteiger partial charge >= 0.3 is 0 Å². The van der Waals surface area contributed by atoms with Crippen molar-refractivity contribution in [3.63, 3.8) is 0 Å². The van der Waals surface area contributed by atoms with Gasteiger partial charge in [-0.2, -0.15) is 0 Å². The van der Waals surface area contributed by atoms with Gasteiger partial charge in [0.1, 0.15) is 0 Å². The summed E-state index contributed by atoms with van der Waals surface area (Å²) in [5.41, 5.74) is 6.31. The van der Waals surface area contributed by atoms with E-state index in [1.54, 1.807) is 0 Å². The highest BCUT2D eigenvalue weighted by atomic mass is 15.1. The predicted molar refractivity (Wildman–Crippen MR) is 60.2 cm³/mol. The van der Waals surface area contributed by atoms with Crippen LogP contribution in [0.5, 0.6) is 0 Å². The summed E-state index contributed by atoms with van der Waals surface area (Å²) in [5.74, 6) is 1.03. The van der Waals surface area contributed by atoms with Crippen LogP contribution < -0.4 is 5.73 Å². The predicted octanol–water partition coefficient (Wildman–Crippen LogP) is 1.85. The lowest BCUT2D eigenvalue weighted by Crippen LogP contribution is -2.33. The van der Waals surface area contributed by atoms with E-state index in [-0.39, 0.29) is 0 Å². The van der Waals surface area contributed by atoms with Crippen molar-refractivity contribution in [2.45, 2.75) is 39.0 Å². The molecule has 0 radical (unpaired) electrons. The van der Waals surface area contributed by atoms with Crippen LogP contribution in [0.15, 0.2) is 0 Å². The number of nitrogens with two attached hydrogens (primary N) is 1. The molecule has 0 aromatic heterocycles. The van der Waals surface area contributed by atoms with E-state index in [0.29, 0.717) is 5.41 Å². The third-order valence-electron chi connectivity index (χ3n) is 3.85. The molecule has 2 heteroatoms. The van der Waals surface area contributed by atoms with E-state index in [9.17, 15) is 0 Å². The van der Waals surface area contributed by atoms with Crippen molar-refractivity contribution in [2.75, 3.05) is 26.2 Å². The maximum Gasteiger partial charge on any atom is 0.00385 e. The lowest BCUT2D eigenvalue weighted by molar-refractivity contribution is 0.215. The lowest BCUT2D eigenvalue weighted by Gasteiger charge is -2.26. The second-order valence-corrected chi connectivity index (χ2v) is 5.31. The fraction of sp³-hybridized carbons (Fsp3) is 1.00. The summed E-state index contributed by atoms with van der Waals surface area (Å²) in [6.07, 6.45) is 7.03. The maximum atomic E-state index is 5.67. The molecule has 2 N–H and O–H groups in total. The summed E-state index contributed by atoms with van der Waals surface area (Å²) in [6, 6.07) is 0. The summed E-state index contributed by atoms with van der Waals surface area (Å²) in [5, 5.41) is 0. The van der Waals surface area contributed by atoms with E-state index in [4.69, 9.17) is 5.73 Å². The van der Waals surface area contributed by atoms with Crippen molar-refractivity contribution < 1.29 is 0 Å². The monoisotopic (exact) mass is 196 g/mol. The molecule has 2 aliphatic rings. The summed E-state index contributed by atoms with van der Waals surface area (Å²) < 4.78 is 0. The molecule has 0 saturated heterocycles. The highest BCUT2D eigenvalue weighted by molar-refractivity contribution is 4.96. The molecule has 2 saturated carbocycles. The van der Waals surface area contributed by atoms with Crippen LogP contribution in [0.3, 0.4) is 0 Å². The number of nitrogens with zero attached hydrogens (tertiary/aromatic N) is 1. The van der Waals surface area contributed by atoms with Crippen LogP contribution in [0.4, 0.5) is 0 Å². The molecule has 0 heterocycles. The van der Waals surface area contributed by atoms with E-state index in [1.165, 1.54) is 51.7 Å². The second kappa shape index (κ2) is 4.19. The SMILES string of the molecule is CCN(CC1CC1)CC1(CCN)CC1. The van der Waals surface area contributed by atoms with Crippen molar-refractivity contribution in [2.24, 2.45) is 17.1 Å². The van der Waals surface area contributed by atoms with Crippen molar-refractivity contribution in [3.05, 3.63) is 0 Å². The summed E-state index contributed by atoms with van der Waals surface area (Å²) >= 11 is 0. The Morgan fingerprint density at radius 2 is 2.07 bits per heavy atom. The van der Waals surface area contributed by atoms with Crippen LogP contribution >= 0.6 is 0 Å². The van der Waals surface area contributed by atoms with Gasteiger partial charge in [-0.1, -0.05) is 6.92 Å². The molecular formula is C12H24N2. The molecule has 0 unspecified atom stereocenters. The quantitative estimate of drug-likeness (QED) is 0.673. The molecule has 0 aromatic rings. The molecule has 2 fully saturated rings. The van der Waals surface area contributed by atoms with Gasteiger partial charge in [0.05, 0.1) is 0 Å². The molecule has 0 bridgehead atoms. The summed E-state index contributed by atoms with van der Waals surface area (Å²) in [4.78, 5) is 2.65. The highest BCUT2D eigenvalue weighted by Crippen LogP contribution is 2.49. The molecule has 0 spiro atoms. The fourth-order valence-corrected chi connectivity index (χ4v) is 2.42. The van der Waals surface area contributed by atoms with Crippen LogP contribution in [0, 0.1) is 11.3 Å². The molecular weight excluding hydrogens is 172 g/mol. The standard InChI is InChI=1S/C12H24N2/c1-2-14(9-11-3-4-11)10-12(5-6-12)7-8-13/h11H,2-10,13H2,1H3. The average Bonchev–Trinajstić information content (AvgIpc) is 3.03. The molecule has 82 valence electrons. The third-order valence-corrected chi connectivity index (χ3v) is 3.85. The smallest absolute Gasteiger partial charge is 0.00385 e. The summed E-state index contributed by atoms with van der Waals surface area (Å²) in [7, 11) is 0. The van der Waals surface area contributed by atoms with Crippen molar-refractivity contribution in [3.8, 4) is 0 Å². The Morgan fingerprint density at radius 1 is 1.36 bits per heavy atom. The first-order valence-electron chi connectivity index (χ1n) is 6.20. The van der Waals surface area contributed by atoms with Crippen molar-refractivity contribution in [1.82, 2.24) is 4.90 Å². The Kier molecular flexibility index (Phi) is 3.13. The second-order valence-electron chi connectivity index (χ2n) is 5.31. The molecule has 2 aliphatic carbocycles. The van der Waals surface area contributed by atoms with Crippen LogP contribution in [-0.2, 0) is 0 Å². The van der Waals surface area contributed by atoms with Gasteiger partial charge in [0.25, 0.3) is 0 Å². The van der Waals surface area contributed by atoms with E-state index < -0.39 is 0 Å². The van der Waals surface area contributed by atoms with Gasteiger partial charge in [0.15, 0.2) is 0 Å². The van der Waals surface area contributed by atoms with Gasteiger partial charge in [-0.15, -0.1) is 0 Å². The average molecular weight is 196 g/mol. The van der Waals surface area contributed by atoms with Gasteiger partial charge in [-0.3, -0.25) is 0 Å². The Morgan fingerprint density at radius 3 is 2.50 bits per heavy atom. The molecule has 0 aliphatic heterocycles. The molecule has 2 rings (SSSR count). The Labute approximate surface area is 87.8 Å². The molecule has 0 aromatic carbocycles. The highest BCUT2D eigenvalue weighted by Gasteiger charge is 2.43. The minimum atomic E-state index is 0.639. The fourth-order valence-electron chi connectivity index (χ4n) is 2.42. The molecule has 2 nitrogen and oxygen atoms in total. The maximum absolute atomic E-state index is 5.67. The van der Waals surface area contributed by atoms with Crippen LogP contribution in [0.25, 0.3) is 0 Å². The van der Waals surface area contributed by atoms with E-state index in [2.05, 4.69) is 11.8 Å². The van der Waals surface area contributed by atoms with Crippen molar-refractivity contribution >= 4 is 0 Å². The Balaban J connectivity index is 1.74. The van der Waals surface area contributed by atoms with Crippen LogP contribution in [-0.4, -0.2) is 31.1 Å². The minimum Gasteiger partial charge on any atom is -0.330 e. The van der Waals surface area contributed by atoms with Gasteiger partial charge < -0.3 is 10.6 Å². The molecule has 14 heavy (non-hydrogen) atoms. The number of hydrogen-bond acceptors (Lipinski definition) is 2. The van der Waals surface area contributed by atoms with E-state index in [0.717, 1.165) is 12.5 Å². The van der Waals surface area contributed by atoms with Crippen LogP contribution in [0.1, 0.15) is 39.0 Å². The zero-order valence-corrected chi connectivity index (χ0v) is 9.47.